The minimum atomic E-state index is -1.14. The van der Waals surface area contributed by atoms with Gasteiger partial charge < -0.3 is 24.6 Å². The molecule has 1 saturated heterocycles. The maximum atomic E-state index is 13.0. The van der Waals surface area contributed by atoms with Gasteiger partial charge in [0, 0.05) is 29.5 Å². The highest BCUT2D eigenvalue weighted by Gasteiger charge is 2.38. The van der Waals surface area contributed by atoms with Crippen LogP contribution in [0, 0.1) is 6.92 Å². The Labute approximate surface area is 217 Å². The summed E-state index contributed by atoms with van der Waals surface area (Å²) in [6.45, 7) is 6.23. The molecule has 3 rings (SSSR count). The quantitative estimate of drug-likeness (QED) is 0.200. The summed E-state index contributed by atoms with van der Waals surface area (Å²) in [6.07, 6.45) is -1.11. The molecule has 1 aliphatic rings. The number of esters is 1. The maximum absolute atomic E-state index is 13.0. The molecule has 1 fully saturated rings. The molecule has 14 nitrogen and oxygen atoms in total. The Morgan fingerprint density at radius 3 is 2.63 bits per heavy atom. The Morgan fingerprint density at radius 2 is 2.00 bits per heavy atom. The van der Waals surface area contributed by atoms with Gasteiger partial charge in [0.2, 0.25) is 0 Å². The van der Waals surface area contributed by atoms with Crippen molar-refractivity contribution in [3.8, 4) is 5.75 Å². The molecule has 204 valence electrons. The summed E-state index contributed by atoms with van der Waals surface area (Å²) in [7, 11) is 0. The number of hydrogen-bond donors (Lipinski definition) is 3. The molecule has 0 unspecified atom stereocenters. The van der Waals surface area contributed by atoms with Crippen molar-refractivity contribution in [3.05, 3.63) is 72.9 Å². The number of aromatic hydroxyl groups is 1. The number of nitrogens with one attached hydrogen (secondary N) is 2. The number of aromatic amines is 1. The second-order valence-corrected chi connectivity index (χ2v) is 9.82. The average Bonchev–Trinajstić information content (AvgIpc) is 3.22. The zero-order chi connectivity index (χ0) is 28.0. The van der Waals surface area contributed by atoms with Gasteiger partial charge in [-0.25, -0.2) is 14.4 Å². The average molecular weight is 531 g/mol. The van der Waals surface area contributed by atoms with Crippen LogP contribution in [0.25, 0.3) is 10.4 Å². The highest BCUT2D eigenvalue weighted by molar-refractivity contribution is 5.81. The molecule has 1 aromatic carbocycles. The Hall–Kier alpha value is -4.29. The number of aromatic nitrogens is 2. The van der Waals surface area contributed by atoms with Crippen molar-refractivity contribution in [1.29, 1.82) is 0 Å². The summed E-state index contributed by atoms with van der Waals surface area (Å²) < 4.78 is 17.7. The topological polar surface area (TPSA) is 198 Å². The Morgan fingerprint density at radius 1 is 1.32 bits per heavy atom. The second-order valence-electron chi connectivity index (χ2n) is 9.82. The molecular weight excluding hydrogens is 500 g/mol. The normalized spacial score (nSPS) is 19.7. The second kappa shape index (κ2) is 11.8. The first kappa shape index (κ1) is 28.3. The van der Waals surface area contributed by atoms with Gasteiger partial charge in [-0.1, -0.05) is 17.2 Å². The molecule has 0 spiro atoms. The van der Waals surface area contributed by atoms with Gasteiger partial charge in [-0.2, -0.15) is 0 Å². The first-order chi connectivity index (χ1) is 17.9. The monoisotopic (exact) mass is 530 g/mol. The number of nitrogens with zero attached hydrogens (tertiary/aromatic N) is 4. The smallest absolute Gasteiger partial charge is 0.408 e. The van der Waals surface area contributed by atoms with Crippen LogP contribution in [0.4, 0.5) is 4.79 Å². The van der Waals surface area contributed by atoms with Gasteiger partial charge in [0.05, 0.1) is 6.04 Å². The number of aryl methyl sites for hydroxylation is 1. The molecule has 0 radical (unpaired) electrons. The van der Waals surface area contributed by atoms with Crippen molar-refractivity contribution >= 4 is 12.1 Å². The van der Waals surface area contributed by atoms with Gasteiger partial charge >= 0.3 is 17.8 Å². The third-order valence-corrected chi connectivity index (χ3v) is 5.60. The van der Waals surface area contributed by atoms with Crippen LogP contribution in [-0.4, -0.2) is 57.1 Å². The summed E-state index contributed by atoms with van der Waals surface area (Å²) in [6, 6.07) is 4.17. The molecule has 4 atom stereocenters. The zero-order valence-corrected chi connectivity index (χ0v) is 21.4. The Balaban J connectivity index is 1.74. The molecule has 1 aromatic heterocycles. The Kier molecular flexibility index (Phi) is 8.81. The lowest BCUT2D eigenvalue weighted by Gasteiger charge is -2.24. The van der Waals surface area contributed by atoms with Crippen LogP contribution in [0.2, 0.25) is 0 Å². The number of alkyl carbamates (subject to hydrolysis) is 1. The standard InChI is InChI=1S/C24H30N6O8/c1-13-11-30(22(34)27-20(13)32)19-10-16(28-29-25)18(37-19)12-36-21(33)17(26-23(35)38-24(2,3)4)9-14-5-7-15(31)8-6-14/h5-8,11,16-19,31H,9-10,12H2,1-4H3,(H,26,35)(H,27,32,34)/t16-,17-,18+,19+/m0/s1. The van der Waals surface area contributed by atoms with Crippen molar-refractivity contribution in [2.75, 3.05) is 6.61 Å². The van der Waals surface area contributed by atoms with Crippen LogP contribution >= 0.6 is 0 Å². The van der Waals surface area contributed by atoms with Crippen molar-refractivity contribution in [1.82, 2.24) is 14.9 Å². The lowest BCUT2D eigenvalue weighted by molar-refractivity contribution is -0.151. The van der Waals surface area contributed by atoms with Gasteiger partial charge in [-0.15, -0.1) is 0 Å². The van der Waals surface area contributed by atoms with E-state index in [0.717, 1.165) is 0 Å². The van der Waals surface area contributed by atoms with Gasteiger partial charge in [-0.3, -0.25) is 14.3 Å². The molecule has 1 aliphatic heterocycles. The molecular formula is C24H30N6O8. The van der Waals surface area contributed by atoms with Gasteiger partial charge in [0.15, 0.2) is 0 Å². The van der Waals surface area contributed by atoms with E-state index in [4.69, 9.17) is 19.7 Å². The third kappa shape index (κ3) is 7.60. The number of hydrogen-bond acceptors (Lipinski definition) is 9. The number of rotatable bonds is 8. The number of ether oxygens (including phenoxy) is 3. The van der Waals surface area contributed by atoms with Crippen molar-refractivity contribution < 1.29 is 28.9 Å². The van der Waals surface area contributed by atoms with E-state index >= 15 is 0 Å². The molecule has 0 saturated carbocycles. The van der Waals surface area contributed by atoms with Crippen LogP contribution in [0.3, 0.4) is 0 Å². The van der Waals surface area contributed by atoms with E-state index < -0.39 is 53.3 Å². The van der Waals surface area contributed by atoms with Crippen LogP contribution in [0.1, 0.15) is 44.5 Å². The lowest BCUT2D eigenvalue weighted by Crippen LogP contribution is -2.46. The van der Waals surface area contributed by atoms with Gasteiger partial charge in [-0.05, 0) is 50.9 Å². The number of azide groups is 1. The number of H-pyrrole nitrogens is 1. The SMILES string of the molecule is Cc1cn([C@H]2C[C@H](N=[N+]=[N-])[C@@H](COC(=O)[C@H](Cc3ccc(O)cc3)NC(=O)OC(C)(C)C)O2)c(=O)[nH]c1=O. The highest BCUT2D eigenvalue weighted by Crippen LogP contribution is 2.30. The summed E-state index contributed by atoms with van der Waals surface area (Å²) in [5.74, 6) is -0.755. The van der Waals surface area contributed by atoms with E-state index in [1.54, 1.807) is 32.9 Å². The van der Waals surface area contributed by atoms with Crippen LogP contribution in [0.5, 0.6) is 5.75 Å². The van der Waals surface area contributed by atoms with Crippen LogP contribution in [0.15, 0.2) is 45.2 Å². The van der Waals surface area contributed by atoms with Crippen molar-refractivity contribution in [2.24, 2.45) is 5.11 Å². The fourth-order valence-electron chi connectivity index (χ4n) is 3.80. The number of benzene rings is 1. The zero-order valence-electron chi connectivity index (χ0n) is 21.4. The van der Waals surface area contributed by atoms with Crippen LogP contribution in [-0.2, 0) is 25.4 Å². The molecule has 3 N–H and O–H groups in total. The maximum Gasteiger partial charge on any atom is 0.408 e. The van der Waals surface area contributed by atoms with E-state index in [1.807, 2.05) is 0 Å². The minimum absolute atomic E-state index is 0.0400. The molecule has 2 aromatic rings. The fraction of sp³-hybridized carbons (Fsp3) is 0.500. The molecule has 14 heteroatoms. The molecule has 38 heavy (non-hydrogen) atoms. The minimum Gasteiger partial charge on any atom is -0.508 e. The lowest BCUT2D eigenvalue weighted by atomic mass is 10.1. The number of carbonyl (C=O) groups is 2. The molecule has 0 aliphatic carbocycles. The van der Waals surface area contributed by atoms with E-state index in [0.29, 0.717) is 5.56 Å². The third-order valence-electron chi connectivity index (χ3n) is 5.60. The first-order valence-corrected chi connectivity index (χ1v) is 11.8. The molecule has 0 bridgehead atoms. The van der Waals surface area contributed by atoms with Crippen molar-refractivity contribution in [3.63, 3.8) is 0 Å². The largest absolute Gasteiger partial charge is 0.508 e. The number of phenols is 1. The van der Waals surface area contributed by atoms with Crippen LogP contribution < -0.4 is 16.6 Å². The van der Waals surface area contributed by atoms with Gasteiger partial charge in [0.1, 0.15) is 36.3 Å². The van der Waals surface area contributed by atoms with E-state index in [9.17, 15) is 24.3 Å². The fourth-order valence-corrected chi connectivity index (χ4v) is 3.80. The van der Waals surface area contributed by atoms with E-state index in [2.05, 4.69) is 20.3 Å². The predicted molar refractivity (Wildman–Crippen MR) is 133 cm³/mol. The number of carbonyl (C=O) groups excluding carboxylic acids is 2. The summed E-state index contributed by atoms with van der Waals surface area (Å²) in [5, 5.41) is 15.7. The molecule has 2 heterocycles. The van der Waals surface area contributed by atoms with Gasteiger partial charge in [0.25, 0.3) is 5.56 Å². The molecule has 1 amide bonds. The Bertz CT molecular complexity index is 1320. The summed E-state index contributed by atoms with van der Waals surface area (Å²) in [4.78, 5) is 54.4. The van der Waals surface area contributed by atoms with E-state index in [-0.39, 0.29) is 30.8 Å². The van der Waals surface area contributed by atoms with E-state index in [1.165, 1.54) is 29.8 Å². The first-order valence-electron chi connectivity index (χ1n) is 11.8. The number of amides is 1. The summed E-state index contributed by atoms with van der Waals surface area (Å²) >= 11 is 0. The summed E-state index contributed by atoms with van der Waals surface area (Å²) in [5.41, 5.74) is 7.87. The number of phenolic OH excluding ortho intramolecular Hbond substituents is 1. The van der Waals surface area contributed by atoms with Crippen molar-refractivity contribution in [2.45, 2.75) is 70.6 Å². The predicted octanol–water partition coefficient (Wildman–Crippen LogP) is 2.20. The highest BCUT2D eigenvalue weighted by atomic mass is 16.6.